The molecule has 1 aromatic carbocycles. The number of rotatable bonds is 6. The Morgan fingerprint density at radius 3 is 2.50 bits per heavy atom. The molecule has 100 valence electrons. The Morgan fingerprint density at radius 1 is 1.33 bits per heavy atom. The van der Waals surface area contributed by atoms with E-state index in [1.165, 1.54) is 18.4 Å². The largest absolute Gasteiger partial charge is 0.324 e. The minimum atomic E-state index is 0.108. The number of nitrogens with two attached hydrogens (primary N) is 1. The van der Waals surface area contributed by atoms with Gasteiger partial charge in [-0.05, 0) is 63.4 Å². The van der Waals surface area contributed by atoms with Crippen molar-refractivity contribution in [2.75, 3.05) is 13.6 Å². The average molecular weight is 267 g/mol. The summed E-state index contributed by atoms with van der Waals surface area (Å²) in [5.74, 6) is 0.918. The first-order chi connectivity index (χ1) is 8.58. The van der Waals surface area contributed by atoms with Gasteiger partial charge in [0, 0.05) is 17.1 Å². The second-order valence-corrected chi connectivity index (χ2v) is 5.94. The first kappa shape index (κ1) is 13.9. The second-order valence-electron chi connectivity index (χ2n) is 5.51. The molecule has 0 saturated heterocycles. The van der Waals surface area contributed by atoms with Crippen LogP contribution in [0.3, 0.4) is 0 Å². The summed E-state index contributed by atoms with van der Waals surface area (Å²) in [5.41, 5.74) is 7.39. The zero-order valence-corrected chi connectivity index (χ0v) is 12.0. The van der Waals surface area contributed by atoms with Crippen LogP contribution in [0.5, 0.6) is 0 Å². The van der Waals surface area contributed by atoms with E-state index >= 15 is 0 Å². The van der Waals surface area contributed by atoms with Crippen molar-refractivity contribution in [1.82, 2.24) is 4.90 Å². The quantitative estimate of drug-likeness (QED) is 0.854. The molecule has 0 heterocycles. The SMILES string of the molecule is CC(C1CC1)N(C)CCC(N)c1ccc(Cl)cc1. The Kier molecular flexibility index (Phi) is 4.66. The highest BCUT2D eigenvalue weighted by Crippen LogP contribution is 2.34. The van der Waals surface area contributed by atoms with Crippen molar-refractivity contribution in [2.45, 2.75) is 38.3 Å². The van der Waals surface area contributed by atoms with Gasteiger partial charge < -0.3 is 10.6 Å². The van der Waals surface area contributed by atoms with E-state index in [0.717, 1.165) is 23.9 Å². The zero-order valence-electron chi connectivity index (χ0n) is 11.3. The highest BCUT2D eigenvalue weighted by molar-refractivity contribution is 6.30. The molecule has 1 saturated carbocycles. The van der Waals surface area contributed by atoms with E-state index in [-0.39, 0.29) is 6.04 Å². The van der Waals surface area contributed by atoms with Crippen LogP contribution in [0.2, 0.25) is 5.02 Å². The van der Waals surface area contributed by atoms with Crippen molar-refractivity contribution >= 4 is 11.6 Å². The van der Waals surface area contributed by atoms with E-state index in [9.17, 15) is 0 Å². The third-order valence-corrected chi connectivity index (χ3v) is 4.34. The molecule has 2 rings (SSSR count). The highest BCUT2D eigenvalue weighted by Gasteiger charge is 2.30. The fourth-order valence-electron chi connectivity index (χ4n) is 2.36. The molecular formula is C15H23ClN2. The standard InChI is InChI=1S/C15H23ClN2/c1-11(12-3-4-12)18(2)10-9-15(17)13-5-7-14(16)8-6-13/h5-8,11-12,15H,3-4,9-10,17H2,1-2H3. The first-order valence-corrected chi connectivity index (χ1v) is 7.17. The lowest BCUT2D eigenvalue weighted by atomic mass is 10.0. The van der Waals surface area contributed by atoms with Crippen molar-refractivity contribution < 1.29 is 0 Å². The van der Waals surface area contributed by atoms with Gasteiger partial charge in [0.1, 0.15) is 0 Å². The molecule has 0 bridgehead atoms. The maximum atomic E-state index is 6.22. The monoisotopic (exact) mass is 266 g/mol. The molecule has 0 spiro atoms. The maximum Gasteiger partial charge on any atom is 0.0406 e. The van der Waals surface area contributed by atoms with Gasteiger partial charge in [-0.25, -0.2) is 0 Å². The van der Waals surface area contributed by atoms with Gasteiger partial charge in [-0.15, -0.1) is 0 Å². The summed E-state index contributed by atoms with van der Waals surface area (Å²) in [5, 5.41) is 0.769. The van der Waals surface area contributed by atoms with Gasteiger partial charge in [-0.2, -0.15) is 0 Å². The van der Waals surface area contributed by atoms with Crippen molar-refractivity contribution in [1.29, 1.82) is 0 Å². The molecular weight excluding hydrogens is 244 g/mol. The zero-order chi connectivity index (χ0) is 13.1. The Hall–Kier alpha value is -0.570. The van der Waals surface area contributed by atoms with E-state index in [1.54, 1.807) is 0 Å². The summed E-state index contributed by atoms with van der Waals surface area (Å²) < 4.78 is 0. The third kappa shape index (κ3) is 3.71. The highest BCUT2D eigenvalue weighted by atomic mass is 35.5. The summed E-state index contributed by atoms with van der Waals surface area (Å²) >= 11 is 5.88. The molecule has 0 aliphatic heterocycles. The van der Waals surface area contributed by atoms with E-state index < -0.39 is 0 Å². The van der Waals surface area contributed by atoms with Gasteiger partial charge in [0.2, 0.25) is 0 Å². The first-order valence-electron chi connectivity index (χ1n) is 6.79. The van der Waals surface area contributed by atoms with Crippen LogP contribution in [0.25, 0.3) is 0 Å². The molecule has 2 unspecified atom stereocenters. The van der Waals surface area contributed by atoms with E-state index in [2.05, 4.69) is 18.9 Å². The number of halogens is 1. The molecule has 0 radical (unpaired) electrons. The van der Waals surface area contributed by atoms with Crippen LogP contribution in [0.4, 0.5) is 0 Å². The molecule has 1 aliphatic rings. The summed E-state index contributed by atoms with van der Waals surface area (Å²) in [6.07, 6.45) is 3.79. The molecule has 1 fully saturated rings. The molecule has 1 aliphatic carbocycles. The topological polar surface area (TPSA) is 29.3 Å². The number of benzene rings is 1. The van der Waals surface area contributed by atoms with E-state index in [4.69, 9.17) is 17.3 Å². The van der Waals surface area contributed by atoms with Crippen LogP contribution in [-0.2, 0) is 0 Å². The Labute approximate surface area is 115 Å². The minimum Gasteiger partial charge on any atom is -0.324 e. The Balaban J connectivity index is 1.80. The number of hydrogen-bond donors (Lipinski definition) is 1. The lowest BCUT2D eigenvalue weighted by Gasteiger charge is -2.26. The van der Waals surface area contributed by atoms with Crippen molar-refractivity contribution in [3.63, 3.8) is 0 Å². The maximum absolute atomic E-state index is 6.22. The molecule has 2 atom stereocenters. The van der Waals surface area contributed by atoms with Gasteiger partial charge in [-0.1, -0.05) is 23.7 Å². The van der Waals surface area contributed by atoms with Crippen LogP contribution >= 0.6 is 11.6 Å². The molecule has 0 amide bonds. The van der Waals surface area contributed by atoms with Gasteiger partial charge in [-0.3, -0.25) is 0 Å². The molecule has 0 aromatic heterocycles. The van der Waals surface area contributed by atoms with E-state index in [1.807, 2.05) is 24.3 Å². The third-order valence-electron chi connectivity index (χ3n) is 4.09. The summed E-state index contributed by atoms with van der Waals surface area (Å²) in [4.78, 5) is 2.44. The summed E-state index contributed by atoms with van der Waals surface area (Å²) in [6.45, 7) is 3.38. The average Bonchev–Trinajstić information content (AvgIpc) is 3.19. The van der Waals surface area contributed by atoms with Crippen molar-refractivity contribution in [3.8, 4) is 0 Å². The Morgan fingerprint density at radius 2 is 1.94 bits per heavy atom. The lowest BCUT2D eigenvalue weighted by Crippen LogP contribution is -2.33. The van der Waals surface area contributed by atoms with Gasteiger partial charge >= 0.3 is 0 Å². The van der Waals surface area contributed by atoms with Crippen LogP contribution in [0, 0.1) is 5.92 Å². The van der Waals surface area contributed by atoms with E-state index in [0.29, 0.717) is 6.04 Å². The van der Waals surface area contributed by atoms with Gasteiger partial charge in [0.05, 0.1) is 0 Å². The smallest absolute Gasteiger partial charge is 0.0406 e. The van der Waals surface area contributed by atoms with Crippen molar-refractivity contribution in [2.24, 2.45) is 11.7 Å². The Bertz CT molecular complexity index is 373. The summed E-state index contributed by atoms with van der Waals surface area (Å²) in [7, 11) is 2.21. The number of hydrogen-bond acceptors (Lipinski definition) is 2. The van der Waals surface area contributed by atoms with Crippen LogP contribution in [-0.4, -0.2) is 24.5 Å². The number of nitrogens with zero attached hydrogens (tertiary/aromatic N) is 1. The minimum absolute atomic E-state index is 0.108. The lowest BCUT2D eigenvalue weighted by molar-refractivity contribution is 0.226. The van der Waals surface area contributed by atoms with Crippen LogP contribution in [0.15, 0.2) is 24.3 Å². The van der Waals surface area contributed by atoms with Crippen LogP contribution < -0.4 is 5.73 Å². The molecule has 2 N–H and O–H groups in total. The normalized spacial score (nSPS) is 18.9. The van der Waals surface area contributed by atoms with Gasteiger partial charge in [0.25, 0.3) is 0 Å². The molecule has 2 nitrogen and oxygen atoms in total. The van der Waals surface area contributed by atoms with Gasteiger partial charge in [0.15, 0.2) is 0 Å². The fourth-order valence-corrected chi connectivity index (χ4v) is 2.49. The predicted molar refractivity (Wildman–Crippen MR) is 77.8 cm³/mol. The molecule has 1 aromatic rings. The predicted octanol–water partition coefficient (Wildman–Crippen LogP) is 3.46. The molecule has 3 heteroatoms. The van der Waals surface area contributed by atoms with Crippen LogP contribution in [0.1, 0.15) is 37.8 Å². The second kappa shape index (κ2) is 6.05. The molecule has 18 heavy (non-hydrogen) atoms. The summed E-state index contributed by atoms with van der Waals surface area (Å²) in [6, 6.07) is 8.67. The fraction of sp³-hybridized carbons (Fsp3) is 0.600. The van der Waals surface area contributed by atoms with Crippen molar-refractivity contribution in [3.05, 3.63) is 34.9 Å².